The fourth-order valence-corrected chi connectivity index (χ4v) is 1.79. The first kappa shape index (κ1) is 16.8. The third kappa shape index (κ3) is 4.48. The van der Waals surface area contributed by atoms with Crippen molar-refractivity contribution < 1.29 is 19.4 Å². The highest BCUT2D eigenvalue weighted by atomic mass is 16.5. The lowest BCUT2D eigenvalue weighted by molar-refractivity contribution is -0.123. The molecule has 0 aliphatic carbocycles. The summed E-state index contributed by atoms with van der Waals surface area (Å²) in [5, 5.41) is 22.3. The van der Waals surface area contributed by atoms with Gasteiger partial charge in [-0.1, -0.05) is 6.07 Å². The third-order valence-electron chi connectivity index (χ3n) is 3.00. The fourth-order valence-electron chi connectivity index (χ4n) is 1.79. The predicted molar refractivity (Wildman–Crippen MR) is 87.0 cm³/mol. The van der Waals surface area contributed by atoms with E-state index in [9.17, 15) is 9.90 Å². The number of hydrazone groups is 1. The van der Waals surface area contributed by atoms with Crippen molar-refractivity contribution in [3.8, 4) is 23.3 Å². The van der Waals surface area contributed by atoms with Gasteiger partial charge in [-0.2, -0.15) is 10.4 Å². The number of carbonyl (C=O) groups is 1. The Kier molecular flexibility index (Phi) is 5.75. The van der Waals surface area contributed by atoms with Gasteiger partial charge in [0.05, 0.1) is 25.0 Å². The molecule has 0 unspecified atom stereocenters. The lowest BCUT2D eigenvalue weighted by atomic mass is 10.2. The molecule has 2 N–H and O–H groups in total. The Morgan fingerprint density at radius 3 is 2.75 bits per heavy atom. The van der Waals surface area contributed by atoms with Crippen molar-refractivity contribution >= 4 is 12.1 Å². The first-order chi connectivity index (χ1) is 11.6. The van der Waals surface area contributed by atoms with Gasteiger partial charge in [-0.15, -0.1) is 0 Å². The van der Waals surface area contributed by atoms with Crippen LogP contribution in [0.25, 0.3) is 0 Å². The molecule has 0 radical (unpaired) electrons. The molecule has 0 aliphatic rings. The zero-order valence-corrected chi connectivity index (χ0v) is 12.9. The van der Waals surface area contributed by atoms with E-state index in [1.807, 2.05) is 6.07 Å². The summed E-state index contributed by atoms with van der Waals surface area (Å²) >= 11 is 0. The molecule has 24 heavy (non-hydrogen) atoms. The Morgan fingerprint density at radius 1 is 1.33 bits per heavy atom. The van der Waals surface area contributed by atoms with Gasteiger partial charge in [-0.25, -0.2) is 5.43 Å². The van der Waals surface area contributed by atoms with E-state index >= 15 is 0 Å². The number of ether oxygens (including phenoxy) is 2. The van der Waals surface area contributed by atoms with Crippen molar-refractivity contribution in [2.75, 3.05) is 13.7 Å². The van der Waals surface area contributed by atoms with Crippen LogP contribution in [0, 0.1) is 11.3 Å². The Bertz CT molecular complexity index is 779. The van der Waals surface area contributed by atoms with Crippen LogP contribution < -0.4 is 14.9 Å². The molecule has 7 nitrogen and oxygen atoms in total. The van der Waals surface area contributed by atoms with E-state index in [0.29, 0.717) is 22.6 Å². The highest BCUT2D eigenvalue weighted by Crippen LogP contribution is 2.27. The first-order valence-electron chi connectivity index (χ1n) is 6.95. The third-order valence-corrected chi connectivity index (χ3v) is 3.00. The van der Waals surface area contributed by atoms with E-state index in [4.69, 9.17) is 14.7 Å². The molecule has 7 heteroatoms. The summed E-state index contributed by atoms with van der Waals surface area (Å²) in [6.07, 6.45) is 1.30. The molecular weight excluding hydrogens is 310 g/mol. The number of hydrogen-bond donors (Lipinski definition) is 2. The van der Waals surface area contributed by atoms with Crippen LogP contribution in [-0.4, -0.2) is 30.9 Å². The van der Waals surface area contributed by atoms with Crippen molar-refractivity contribution in [2.45, 2.75) is 0 Å². The summed E-state index contributed by atoms with van der Waals surface area (Å²) in [4.78, 5) is 11.6. The van der Waals surface area contributed by atoms with E-state index in [0.717, 1.165) is 0 Å². The molecule has 0 aromatic heterocycles. The maximum atomic E-state index is 11.6. The number of aromatic hydroxyl groups is 1. The molecule has 0 atom stereocenters. The van der Waals surface area contributed by atoms with Crippen molar-refractivity contribution in [1.82, 2.24) is 5.43 Å². The maximum Gasteiger partial charge on any atom is 0.277 e. The van der Waals surface area contributed by atoms with Crippen molar-refractivity contribution in [3.05, 3.63) is 53.6 Å². The molecule has 0 spiro atoms. The smallest absolute Gasteiger partial charge is 0.277 e. The molecular formula is C17H15N3O4. The number of phenolic OH excluding ortho intramolecular Hbond substituents is 1. The molecule has 122 valence electrons. The number of carbonyl (C=O) groups excluding carboxylic acids is 1. The van der Waals surface area contributed by atoms with E-state index in [-0.39, 0.29) is 12.4 Å². The van der Waals surface area contributed by atoms with Crippen LogP contribution in [0.5, 0.6) is 17.2 Å². The van der Waals surface area contributed by atoms with Gasteiger partial charge in [-0.3, -0.25) is 4.79 Å². The molecule has 0 saturated carbocycles. The van der Waals surface area contributed by atoms with Crippen LogP contribution in [0.1, 0.15) is 11.1 Å². The molecule has 0 saturated heterocycles. The standard InChI is InChI=1S/C17H15N3O4/c1-23-15-4-2-3-13(17(15)22)10-19-20-16(21)11-24-14-7-5-12(9-18)6-8-14/h2-8,10,22H,11H2,1H3,(H,20,21)/b19-10+. The number of rotatable bonds is 6. The number of phenols is 1. The number of methoxy groups -OCH3 is 1. The quantitative estimate of drug-likeness (QED) is 0.622. The van der Waals surface area contributed by atoms with Crippen LogP contribution in [-0.2, 0) is 4.79 Å². The first-order valence-corrected chi connectivity index (χ1v) is 6.95. The minimum atomic E-state index is -0.460. The minimum Gasteiger partial charge on any atom is -0.504 e. The molecule has 0 heterocycles. The Hall–Kier alpha value is -3.53. The average molecular weight is 325 g/mol. The van der Waals surface area contributed by atoms with Gasteiger partial charge < -0.3 is 14.6 Å². The topological polar surface area (TPSA) is 104 Å². The monoisotopic (exact) mass is 325 g/mol. The normalized spacial score (nSPS) is 10.2. The predicted octanol–water partition coefficient (Wildman–Crippen LogP) is 1.80. The van der Waals surface area contributed by atoms with Crippen LogP contribution in [0.2, 0.25) is 0 Å². The summed E-state index contributed by atoms with van der Waals surface area (Å²) in [6.45, 7) is -0.229. The molecule has 2 rings (SSSR count). The summed E-state index contributed by atoms with van der Waals surface area (Å²) in [6, 6.07) is 13.3. The number of para-hydroxylation sites is 1. The van der Waals surface area contributed by atoms with Gasteiger partial charge in [0.2, 0.25) is 0 Å². The lowest BCUT2D eigenvalue weighted by Gasteiger charge is -2.06. The van der Waals surface area contributed by atoms with Gasteiger partial charge in [0.1, 0.15) is 5.75 Å². The van der Waals surface area contributed by atoms with Crippen molar-refractivity contribution in [3.63, 3.8) is 0 Å². The zero-order valence-electron chi connectivity index (χ0n) is 12.9. The van der Waals surface area contributed by atoms with Gasteiger partial charge in [-0.05, 0) is 36.4 Å². The number of benzene rings is 2. The number of nitriles is 1. The Morgan fingerprint density at radius 2 is 2.08 bits per heavy atom. The van der Waals surface area contributed by atoms with Gasteiger partial charge in [0.25, 0.3) is 5.91 Å². The summed E-state index contributed by atoms with van der Waals surface area (Å²) in [5.74, 6) is 0.262. The van der Waals surface area contributed by atoms with Crippen molar-refractivity contribution in [1.29, 1.82) is 5.26 Å². The minimum absolute atomic E-state index is 0.0631. The highest BCUT2D eigenvalue weighted by molar-refractivity contribution is 5.86. The Labute approximate surface area is 138 Å². The van der Waals surface area contributed by atoms with Crippen molar-refractivity contribution in [2.24, 2.45) is 5.10 Å². The van der Waals surface area contributed by atoms with E-state index in [1.165, 1.54) is 13.3 Å². The van der Waals surface area contributed by atoms with Crippen LogP contribution >= 0.6 is 0 Å². The SMILES string of the molecule is COc1cccc(/C=N/NC(=O)COc2ccc(C#N)cc2)c1O. The van der Waals surface area contributed by atoms with Gasteiger partial charge in [0.15, 0.2) is 18.1 Å². The maximum absolute atomic E-state index is 11.6. The summed E-state index contributed by atoms with van der Waals surface area (Å²) in [7, 11) is 1.44. The molecule has 0 bridgehead atoms. The number of hydrogen-bond acceptors (Lipinski definition) is 6. The molecule has 2 aromatic rings. The molecule has 1 amide bonds. The highest BCUT2D eigenvalue weighted by Gasteiger charge is 2.05. The van der Waals surface area contributed by atoms with Crippen LogP contribution in [0.15, 0.2) is 47.6 Å². The molecule has 2 aromatic carbocycles. The van der Waals surface area contributed by atoms with E-state index < -0.39 is 5.91 Å². The second-order valence-corrected chi connectivity index (χ2v) is 4.62. The second-order valence-electron chi connectivity index (χ2n) is 4.62. The largest absolute Gasteiger partial charge is 0.504 e. The second kappa shape index (κ2) is 8.19. The fraction of sp³-hybridized carbons (Fsp3) is 0.118. The molecule has 0 fully saturated rings. The van der Waals surface area contributed by atoms with E-state index in [1.54, 1.807) is 42.5 Å². The number of nitrogens with zero attached hydrogens (tertiary/aromatic N) is 2. The van der Waals surface area contributed by atoms with Crippen LogP contribution in [0.4, 0.5) is 0 Å². The van der Waals surface area contributed by atoms with Crippen LogP contribution in [0.3, 0.4) is 0 Å². The summed E-state index contributed by atoms with van der Waals surface area (Å²) < 4.78 is 10.2. The number of nitrogens with one attached hydrogen (secondary N) is 1. The number of amides is 1. The summed E-state index contributed by atoms with van der Waals surface area (Å²) in [5.41, 5.74) is 3.20. The lowest BCUT2D eigenvalue weighted by Crippen LogP contribution is -2.24. The van der Waals surface area contributed by atoms with Gasteiger partial charge >= 0.3 is 0 Å². The average Bonchev–Trinajstić information content (AvgIpc) is 2.62. The Balaban J connectivity index is 1.85. The van der Waals surface area contributed by atoms with Gasteiger partial charge in [0, 0.05) is 5.56 Å². The molecule has 0 aliphatic heterocycles. The zero-order chi connectivity index (χ0) is 17.4. The van der Waals surface area contributed by atoms with E-state index in [2.05, 4.69) is 10.5 Å².